The number of rotatable bonds is 1. The third kappa shape index (κ3) is 1.94. The van der Waals surface area contributed by atoms with Crippen LogP contribution in [-0.2, 0) is 6.54 Å². The summed E-state index contributed by atoms with van der Waals surface area (Å²) in [5.41, 5.74) is 3.33. The Hall–Kier alpha value is -2.82. The SMILES string of the molecule is Fc1ccc2c(c1)C(c1ccccc1)=NCc1nncn1-2. The first kappa shape index (κ1) is 12.0. The molecule has 1 aliphatic heterocycles. The molecule has 0 fully saturated rings. The van der Waals surface area contributed by atoms with Crippen molar-refractivity contribution in [3.63, 3.8) is 0 Å². The highest BCUT2D eigenvalue weighted by Gasteiger charge is 2.19. The Morgan fingerprint density at radius 3 is 2.76 bits per heavy atom. The molecule has 0 radical (unpaired) electrons. The molecule has 2 aromatic carbocycles. The summed E-state index contributed by atoms with van der Waals surface area (Å²) in [7, 11) is 0. The van der Waals surface area contributed by atoms with Crippen LogP contribution in [0.4, 0.5) is 4.39 Å². The Labute approximate surface area is 120 Å². The minimum Gasteiger partial charge on any atom is -0.283 e. The van der Waals surface area contributed by atoms with Crippen LogP contribution in [0.5, 0.6) is 0 Å². The number of halogens is 1. The molecule has 102 valence electrons. The highest BCUT2D eigenvalue weighted by Crippen LogP contribution is 2.24. The van der Waals surface area contributed by atoms with E-state index in [1.807, 2.05) is 34.9 Å². The maximum Gasteiger partial charge on any atom is 0.159 e. The molecule has 0 atom stereocenters. The minimum atomic E-state index is -0.283. The number of fused-ring (bicyclic) bond motifs is 3. The van der Waals surface area contributed by atoms with Gasteiger partial charge in [0.25, 0.3) is 0 Å². The Kier molecular flexibility index (Phi) is 2.64. The molecule has 0 saturated heterocycles. The molecular formula is C16H11FN4. The van der Waals surface area contributed by atoms with Gasteiger partial charge in [-0.05, 0) is 18.2 Å². The largest absolute Gasteiger partial charge is 0.283 e. The van der Waals surface area contributed by atoms with E-state index in [4.69, 9.17) is 0 Å². The van der Waals surface area contributed by atoms with E-state index in [2.05, 4.69) is 15.2 Å². The van der Waals surface area contributed by atoms with Crippen LogP contribution in [0.1, 0.15) is 17.0 Å². The first-order valence-electron chi connectivity index (χ1n) is 6.62. The van der Waals surface area contributed by atoms with Crippen molar-refractivity contribution >= 4 is 5.71 Å². The first-order chi connectivity index (χ1) is 10.3. The summed E-state index contributed by atoms with van der Waals surface area (Å²) in [6, 6.07) is 14.5. The van der Waals surface area contributed by atoms with Gasteiger partial charge in [0.1, 0.15) is 18.7 Å². The molecule has 5 heteroatoms. The molecule has 0 spiro atoms. The summed E-state index contributed by atoms with van der Waals surface area (Å²) >= 11 is 0. The zero-order valence-electron chi connectivity index (χ0n) is 11.1. The molecule has 1 aromatic heterocycles. The lowest BCUT2D eigenvalue weighted by Gasteiger charge is -2.11. The third-order valence-corrected chi connectivity index (χ3v) is 3.52. The average Bonchev–Trinajstić information content (AvgIpc) is 2.92. The van der Waals surface area contributed by atoms with E-state index in [0.717, 1.165) is 28.4 Å². The second kappa shape index (κ2) is 4.63. The van der Waals surface area contributed by atoms with Crippen molar-refractivity contribution in [2.24, 2.45) is 4.99 Å². The normalized spacial score (nSPS) is 13.1. The molecule has 2 heterocycles. The molecule has 0 amide bonds. The first-order valence-corrected chi connectivity index (χ1v) is 6.62. The lowest BCUT2D eigenvalue weighted by atomic mass is 10.0. The molecule has 21 heavy (non-hydrogen) atoms. The van der Waals surface area contributed by atoms with Crippen LogP contribution in [-0.4, -0.2) is 20.5 Å². The second-order valence-corrected chi connectivity index (χ2v) is 4.81. The van der Waals surface area contributed by atoms with Gasteiger partial charge in [-0.2, -0.15) is 0 Å². The van der Waals surface area contributed by atoms with Crippen molar-refractivity contribution in [3.05, 3.63) is 77.6 Å². The maximum atomic E-state index is 13.7. The molecule has 4 nitrogen and oxygen atoms in total. The van der Waals surface area contributed by atoms with Crippen LogP contribution in [0.25, 0.3) is 5.69 Å². The molecular weight excluding hydrogens is 267 g/mol. The molecule has 0 saturated carbocycles. The van der Waals surface area contributed by atoms with Gasteiger partial charge < -0.3 is 0 Å². The average molecular weight is 278 g/mol. The predicted octanol–water partition coefficient (Wildman–Crippen LogP) is 2.76. The monoisotopic (exact) mass is 278 g/mol. The highest BCUT2D eigenvalue weighted by atomic mass is 19.1. The number of aliphatic imine (C=N–C) groups is 1. The fourth-order valence-electron chi connectivity index (χ4n) is 2.55. The molecule has 0 aliphatic carbocycles. The predicted molar refractivity (Wildman–Crippen MR) is 77.1 cm³/mol. The van der Waals surface area contributed by atoms with E-state index in [9.17, 15) is 4.39 Å². The number of hydrogen-bond acceptors (Lipinski definition) is 3. The van der Waals surface area contributed by atoms with Gasteiger partial charge >= 0.3 is 0 Å². The van der Waals surface area contributed by atoms with Gasteiger partial charge in [0, 0.05) is 11.1 Å². The van der Waals surface area contributed by atoms with Gasteiger partial charge in [0.05, 0.1) is 11.4 Å². The molecule has 0 N–H and O–H groups in total. The Bertz CT molecular complexity index is 836. The molecule has 4 rings (SSSR count). The lowest BCUT2D eigenvalue weighted by Crippen LogP contribution is -2.07. The fraction of sp³-hybridized carbons (Fsp3) is 0.0625. The second-order valence-electron chi connectivity index (χ2n) is 4.81. The summed E-state index contributed by atoms with van der Waals surface area (Å²) in [6.07, 6.45) is 1.63. The van der Waals surface area contributed by atoms with E-state index in [0.29, 0.717) is 6.54 Å². The van der Waals surface area contributed by atoms with Gasteiger partial charge in [-0.3, -0.25) is 9.56 Å². The number of benzene rings is 2. The van der Waals surface area contributed by atoms with E-state index in [1.165, 1.54) is 12.1 Å². The van der Waals surface area contributed by atoms with E-state index in [1.54, 1.807) is 12.4 Å². The summed E-state index contributed by atoms with van der Waals surface area (Å²) in [5.74, 6) is 0.461. The zero-order chi connectivity index (χ0) is 14.2. The Balaban J connectivity index is 2.00. The van der Waals surface area contributed by atoms with Crippen LogP contribution >= 0.6 is 0 Å². The van der Waals surface area contributed by atoms with Crippen LogP contribution in [0.2, 0.25) is 0 Å². The summed E-state index contributed by atoms with van der Waals surface area (Å²) in [5, 5.41) is 7.99. The van der Waals surface area contributed by atoms with Gasteiger partial charge in [-0.15, -0.1) is 10.2 Å². The van der Waals surface area contributed by atoms with Crippen molar-refractivity contribution in [3.8, 4) is 5.69 Å². The van der Waals surface area contributed by atoms with Gasteiger partial charge in [0.2, 0.25) is 0 Å². The number of aromatic nitrogens is 3. The smallest absolute Gasteiger partial charge is 0.159 e. The van der Waals surface area contributed by atoms with Crippen molar-refractivity contribution in [1.29, 1.82) is 0 Å². The van der Waals surface area contributed by atoms with Gasteiger partial charge in [0.15, 0.2) is 5.82 Å². The topological polar surface area (TPSA) is 43.1 Å². The van der Waals surface area contributed by atoms with Crippen molar-refractivity contribution < 1.29 is 4.39 Å². The highest BCUT2D eigenvalue weighted by molar-refractivity contribution is 6.15. The fourth-order valence-corrected chi connectivity index (χ4v) is 2.55. The number of hydrogen-bond donors (Lipinski definition) is 0. The lowest BCUT2D eigenvalue weighted by molar-refractivity contribution is 0.627. The molecule has 1 aliphatic rings. The maximum absolute atomic E-state index is 13.7. The molecule has 3 aromatic rings. The minimum absolute atomic E-state index is 0.283. The molecule has 0 unspecified atom stereocenters. The van der Waals surface area contributed by atoms with Crippen LogP contribution < -0.4 is 0 Å². The van der Waals surface area contributed by atoms with Crippen molar-refractivity contribution in [1.82, 2.24) is 14.8 Å². The number of nitrogens with zero attached hydrogens (tertiary/aromatic N) is 4. The van der Waals surface area contributed by atoms with E-state index < -0.39 is 0 Å². The van der Waals surface area contributed by atoms with Crippen LogP contribution in [0, 0.1) is 5.82 Å². The van der Waals surface area contributed by atoms with E-state index in [-0.39, 0.29) is 5.82 Å². The van der Waals surface area contributed by atoms with E-state index >= 15 is 0 Å². The van der Waals surface area contributed by atoms with Crippen molar-refractivity contribution in [2.45, 2.75) is 6.54 Å². The third-order valence-electron chi connectivity index (χ3n) is 3.52. The standard InChI is InChI=1S/C16H11FN4/c17-12-6-7-14-13(8-12)16(11-4-2-1-3-5-11)18-9-15-20-19-10-21(14)15/h1-8,10H,9H2. The summed E-state index contributed by atoms with van der Waals surface area (Å²) in [4.78, 5) is 4.62. The quantitative estimate of drug-likeness (QED) is 0.687. The Morgan fingerprint density at radius 1 is 1.05 bits per heavy atom. The Morgan fingerprint density at radius 2 is 1.90 bits per heavy atom. The van der Waals surface area contributed by atoms with Gasteiger partial charge in [-0.25, -0.2) is 4.39 Å². The zero-order valence-corrected chi connectivity index (χ0v) is 11.1. The van der Waals surface area contributed by atoms with Gasteiger partial charge in [-0.1, -0.05) is 30.3 Å². The van der Waals surface area contributed by atoms with Crippen LogP contribution in [0.3, 0.4) is 0 Å². The summed E-state index contributed by atoms with van der Waals surface area (Å²) in [6.45, 7) is 0.417. The van der Waals surface area contributed by atoms with Crippen molar-refractivity contribution in [2.75, 3.05) is 0 Å². The summed E-state index contributed by atoms with van der Waals surface area (Å²) < 4.78 is 15.6. The molecule has 0 bridgehead atoms. The van der Waals surface area contributed by atoms with Crippen LogP contribution in [0.15, 0.2) is 59.9 Å².